The van der Waals surface area contributed by atoms with E-state index in [1.807, 2.05) is 24.3 Å². The highest BCUT2D eigenvalue weighted by Crippen LogP contribution is 2.44. The van der Waals surface area contributed by atoms with Crippen molar-refractivity contribution in [2.24, 2.45) is 11.8 Å². The normalized spacial score (nSPS) is 25.5. The first-order valence-electron chi connectivity index (χ1n) is 8.24. The van der Waals surface area contributed by atoms with Gasteiger partial charge in [0.1, 0.15) is 11.3 Å². The van der Waals surface area contributed by atoms with Crippen LogP contribution in [-0.4, -0.2) is 23.2 Å². The molecule has 2 bridgehead atoms. The molecule has 0 amide bonds. The highest BCUT2D eigenvalue weighted by molar-refractivity contribution is 7.80. The second-order valence-electron chi connectivity index (χ2n) is 6.59. The Hall–Kier alpha value is -1.88. The lowest BCUT2D eigenvalue weighted by Gasteiger charge is -2.24. The number of nitrogens with one attached hydrogen (secondary N) is 2. The molecule has 2 aromatic rings. The van der Waals surface area contributed by atoms with Crippen LogP contribution in [-0.2, 0) is 0 Å². The molecule has 5 heteroatoms. The molecule has 2 aliphatic carbocycles. The van der Waals surface area contributed by atoms with Crippen LogP contribution in [0.25, 0.3) is 10.9 Å². The third-order valence-electron chi connectivity index (χ3n) is 5.26. The minimum absolute atomic E-state index is 0.538. The summed E-state index contributed by atoms with van der Waals surface area (Å²) in [6.45, 7) is 0. The second kappa shape index (κ2) is 5.96. The molecule has 0 saturated heterocycles. The van der Waals surface area contributed by atoms with Crippen LogP contribution in [0.2, 0.25) is 0 Å². The maximum Gasteiger partial charge on any atom is 0.171 e. The number of hydrogen-bond acceptors (Lipinski definition) is 3. The summed E-state index contributed by atoms with van der Waals surface area (Å²) in [5, 5.41) is 8.59. The number of pyridine rings is 1. The first kappa shape index (κ1) is 14.7. The second-order valence-corrected chi connectivity index (χ2v) is 7.00. The lowest BCUT2D eigenvalue weighted by molar-refractivity contribution is 0.392. The van der Waals surface area contributed by atoms with Crippen LogP contribution in [0.3, 0.4) is 0 Å². The van der Waals surface area contributed by atoms with Crippen molar-refractivity contribution in [1.29, 1.82) is 0 Å². The largest absolute Gasteiger partial charge is 0.494 e. The predicted molar refractivity (Wildman–Crippen MR) is 96.9 cm³/mol. The van der Waals surface area contributed by atoms with Gasteiger partial charge in [-0.2, -0.15) is 0 Å². The molecule has 120 valence electrons. The summed E-state index contributed by atoms with van der Waals surface area (Å²) in [5.41, 5.74) is 1.82. The number of ether oxygens (including phenoxy) is 1. The number of hydrogen-bond donors (Lipinski definition) is 2. The van der Waals surface area contributed by atoms with Gasteiger partial charge in [0.2, 0.25) is 0 Å². The predicted octanol–water partition coefficient (Wildman–Crippen LogP) is 3.72. The van der Waals surface area contributed by atoms with E-state index in [4.69, 9.17) is 17.0 Å². The maximum atomic E-state index is 5.54. The lowest BCUT2D eigenvalue weighted by atomic mass is 9.95. The van der Waals surface area contributed by atoms with Gasteiger partial charge in [-0.15, -0.1) is 0 Å². The number of methoxy groups -OCH3 is 1. The van der Waals surface area contributed by atoms with Gasteiger partial charge >= 0.3 is 0 Å². The number of rotatable bonds is 3. The molecule has 0 unspecified atom stereocenters. The summed E-state index contributed by atoms with van der Waals surface area (Å²) in [6.07, 6.45) is 7.16. The van der Waals surface area contributed by atoms with E-state index in [2.05, 4.69) is 15.6 Å². The van der Waals surface area contributed by atoms with E-state index in [0.29, 0.717) is 11.2 Å². The van der Waals surface area contributed by atoms with Crippen molar-refractivity contribution in [2.45, 2.75) is 31.7 Å². The van der Waals surface area contributed by atoms with Gasteiger partial charge in [-0.3, -0.25) is 4.98 Å². The summed E-state index contributed by atoms with van der Waals surface area (Å²) in [6, 6.07) is 8.43. The van der Waals surface area contributed by atoms with E-state index in [0.717, 1.165) is 34.2 Å². The Kier molecular flexibility index (Phi) is 3.81. The summed E-state index contributed by atoms with van der Waals surface area (Å²) >= 11 is 5.54. The minimum atomic E-state index is 0.538. The van der Waals surface area contributed by atoms with Crippen molar-refractivity contribution in [3.63, 3.8) is 0 Å². The SMILES string of the molecule is COc1ccc(NC(=S)N[C@H]2C[C@@H]3CC[C@@H]2C3)c2cccnc12. The average Bonchev–Trinajstić information content (AvgIpc) is 3.18. The van der Waals surface area contributed by atoms with E-state index >= 15 is 0 Å². The average molecular weight is 327 g/mol. The molecule has 1 aromatic heterocycles. The van der Waals surface area contributed by atoms with Gasteiger partial charge in [0.05, 0.1) is 7.11 Å². The Bertz CT molecular complexity index is 748. The summed E-state index contributed by atoms with van der Waals surface area (Å²) in [5.74, 6) is 2.48. The molecular formula is C18H21N3OS. The van der Waals surface area contributed by atoms with Gasteiger partial charge in [-0.25, -0.2) is 0 Å². The van der Waals surface area contributed by atoms with E-state index in [-0.39, 0.29) is 0 Å². The molecule has 2 aliphatic rings. The van der Waals surface area contributed by atoms with Crippen LogP contribution in [0.5, 0.6) is 5.75 Å². The van der Waals surface area contributed by atoms with Gasteiger partial charge in [0.25, 0.3) is 0 Å². The molecule has 2 saturated carbocycles. The minimum Gasteiger partial charge on any atom is -0.494 e. The van der Waals surface area contributed by atoms with Crippen LogP contribution in [0, 0.1) is 11.8 Å². The standard InChI is InChI=1S/C18H21N3OS/c1-22-16-7-6-14(13-3-2-8-19-17(13)16)20-18(23)21-15-10-11-4-5-12(15)9-11/h2-3,6-8,11-12,15H,4-5,9-10H2,1H3,(H2,20,21,23)/t11-,12-,15+/m1/s1. The Morgan fingerprint density at radius 3 is 2.91 bits per heavy atom. The van der Waals surface area contributed by atoms with Crippen LogP contribution in [0.15, 0.2) is 30.5 Å². The summed E-state index contributed by atoms with van der Waals surface area (Å²) in [4.78, 5) is 4.43. The highest BCUT2D eigenvalue weighted by Gasteiger charge is 2.39. The first-order valence-corrected chi connectivity index (χ1v) is 8.64. The number of thiocarbonyl (C=S) groups is 1. The quantitative estimate of drug-likeness (QED) is 0.841. The third-order valence-corrected chi connectivity index (χ3v) is 5.48. The van der Waals surface area contributed by atoms with E-state index < -0.39 is 0 Å². The van der Waals surface area contributed by atoms with Gasteiger partial charge in [0.15, 0.2) is 5.11 Å². The van der Waals surface area contributed by atoms with Crippen LogP contribution in [0.1, 0.15) is 25.7 Å². The Morgan fingerprint density at radius 1 is 1.26 bits per heavy atom. The molecule has 3 atom stereocenters. The molecule has 1 aromatic carbocycles. The monoisotopic (exact) mass is 327 g/mol. The Labute approximate surface area is 141 Å². The first-order chi connectivity index (χ1) is 11.2. The van der Waals surface area contributed by atoms with E-state index in [1.54, 1.807) is 13.3 Å². The smallest absolute Gasteiger partial charge is 0.171 e. The molecule has 4 rings (SSSR count). The fourth-order valence-corrected chi connectivity index (χ4v) is 4.43. The topological polar surface area (TPSA) is 46.2 Å². The van der Waals surface area contributed by atoms with Crippen molar-refractivity contribution in [3.05, 3.63) is 30.5 Å². The van der Waals surface area contributed by atoms with Crippen molar-refractivity contribution in [2.75, 3.05) is 12.4 Å². The number of aromatic nitrogens is 1. The highest BCUT2D eigenvalue weighted by atomic mass is 32.1. The summed E-state index contributed by atoms with van der Waals surface area (Å²) < 4.78 is 5.39. The molecule has 0 spiro atoms. The fourth-order valence-electron chi connectivity index (χ4n) is 4.17. The Morgan fingerprint density at radius 2 is 2.17 bits per heavy atom. The fraction of sp³-hybridized carbons (Fsp3) is 0.444. The van der Waals surface area contributed by atoms with Crippen molar-refractivity contribution >= 4 is 33.9 Å². The molecule has 2 fully saturated rings. The zero-order valence-electron chi connectivity index (χ0n) is 13.2. The van der Waals surface area contributed by atoms with Crippen molar-refractivity contribution in [3.8, 4) is 5.75 Å². The van der Waals surface area contributed by atoms with Crippen LogP contribution < -0.4 is 15.4 Å². The van der Waals surface area contributed by atoms with Crippen LogP contribution in [0.4, 0.5) is 5.69 Å². The molecule has 0 radical (unpaired) electrons. The summed E-state index contributed by atoms with van der Waals surface area (Å²) in [7, 11) is 1.66. The van der Waals surface area contributed by atoms with Gasteiger partial charge in [-0.05, 0) is 67.6 Å². The van der Waals surface area contributed by atoms with E-state index in [1.165, 1.54) is 25.7 Å². The van der Waals surface area contributed by atoms with Crippen LogP contribution >= 0.6 is 12.2 Å². The number of benzene rings is 1. The molecule has 2 N–H and O–H groups in total. The number of nitrogens with zero attached hydrogens (tertiary/aromatic N) is 1. The maximum absolute atomic E-state index is 5.54. The van der Waals surface area contributed by atoms with Gasteiger partial charge < -0.3 is 15.4 Å². The third kappa shape index (κ3) is 2.74. The molecular weight excluding hydrogens is 306 g/mol. The molecule has 4 nitrogen and oxygen atoms in total. The number of fused-ring (bicyclic) bond motifs is 3. The number of anilines is 1. The zero-order valence-corrected chi connectivity index (χ0v) is 14.0. The molecule has 1 heterocycles. The molecule has 0 aliphatic heterocycles. The van der Waals surface area contributed by atoms with Gasteiger partial charge in [-0.1, -0.05) is 6.42 Å². The van der Waals surface area contributed by atoms with Gasteiger partial charge in [0, 0.05) is 23.3 Å². The molecule has 23 heavy (non-hydrogen) atoms. The zero-order chi connectivity index (χ0) is 15.8. The van der Waals surface area contributed by atoms with Crippen molar-refractivity contribution in [1.82, 2.24) is 10.3 Å². The lowest BCUT2D eigenvalue weighted by Crippen LogP contribution is -2.40. The Balaban J connectivity index is 1.52. The van der Waals surface area contributed by atoms with E-state index in [9.17, 15) is 0 Å². The van der Waals surface area contributed by atoms with Crippen molar-refractivity contribution < 1.29 is 4.74 Å².